The van der Waals surface area contributed by atoms with E-state index in [0.29, 0.717) is 10.4 Å². The second-order valence-corrected chi connectivity index (χ2v) is 5.29. The largest absolute Gasteiger partial charge is 0.452 e. The van der Waals surface area contributed by atoms with Gasteiger partial charge in [-0.1, -0.05) is 18.2 Å². The third-order valence-electron chi connectivity index (χ3n) is 2.63. The Hall–Kier alpha value is -2.80. The zero-order valence-electron chi connectivity index (χ0n) is 11.8. The average Bonchev–Trinajstić information content (AvgIpc) is 3.07. The van der Waals surface area contributed by atoms with Crippen molar-refractivity contribution in [3.05, 3.63) is 64.1 Å². The minimum absolute atomic E-state index is 0.378. The average molecular weight is 333 g/mol. The van der Waals surface area contributed by atoms with Crippen LogP contribution in [0.5, 0.6) is 0 Å². The van der Waals surface area contributed by atoms with Crippen molar-refractivity contribution in [1.29, 1.82) is 0 Å². The molecule has 0 saturated heterocycles. The van der Waals surface area contributed by atoms with Gasteiger partial charge in [-0.25, -0.2) is 9.18 Å². The summed E-state index contributed by atoms with van der Waals surface area (Å²) in [6.07, 6.45) is 2.54. The van der Waals surface area contributed by atoms with Gasteiger partial charge in [0.2, 0.25) is 0 Å². The summed E-state index contributed by atoms with van der Waals surface area (Å²) in [6.45, 7) is -0.566. The van der Waals surface area contributed by atoms with Crippen molar-refractivity contribution in [3.8, 4) is 0 Å². The van der Waals surface area contributed by atoms with Gasteiger partial charge >= 0.3 is 5.97 Å². The normalized spacial score (nSPS) is 10.5. The zero-order valence-corrected chi connectivity index (χ0v) is 12.6. The van der Waals surface area contributed by atoms with Crippen LogP contribution in [0, 0.1) is 5.82 Å². The van der Waals surface area contributed by atoms with Crippen molar-refractivity contribution < 1.29 is 23.5 Å². The first kappa shape index (κ1) is 16.6. The second kappa shape index (κ2) is 8.00. The van der Waals surface area contributed by atoms with Crippen molar-refractivity contribution in [3.63, 3.8) is 0 Å². The minimum Gasteiger partial charge on any atom is -0.452 e. The Morgan fingerprint density at radius 1 is 1.17 bits per heavy atom. The second-order valence-electron chi connectivity index (χ2n) is 4.35. The summed E-state index contributed by atoms with van der Waals surface area (Å²) in [5, 5.41) is 3.82. The van der Waals surface area contributed by atoms with E-state index in [-0.39, 0.29) is 5.82 Å². The summed E-state index contributed by atoms with van der Waals surface area (Å²) in [5.41, 5.74) is 0.612. The molecule has 0 saturated carbocycles. The molecule has 0 spiro atoms. The lowest BCUT2D eigenvalue weighted by molar-refractivity contribution is -0.143. The summed E-state index contributed by atoms with van der Waals surface area (Å²) in [5.74, 6) is -2.38. The van der Waals surface area contributed by atoms with E-state index in [1.165, 1.54) is 41.7 Å². The van der Waals surface area contributed by atoms with Gasteiger partial charge in [0.1, 0.15) is 5.82 Å². The molecule has 0 unspecified atom stereocenters. The number of hydrogen-bond acceptors (Lipinski definition) is 5. The SMILES string of the molecule is O=C(COC(=O)/C=C/c1ccc(F)cc1)NC(=O)c1cccs1. The predicted molar refractivity (Wildman–Crippen MR) is 83.2 cm³/mol. The van der Waals surface area contributed by atoms with Gasteiger partial charge in [0.25, 0.3) is 11.8 Å². The molecule has 2 rings (SSSR count). The number of thiophene rings is 1. The number of carbonyl (C=O) groups is 3. The Morgan fingerprint density at radius 2 is 1.91 bits per heavy atom. The van der Waals surface area contributed by atoms with Gasteiger partial charge in [-0.3, -0.25) is 14.9 Å². The molecule has 1 aromatic carbocycles. The van der Waals surface area contributed by atoms with Gasteiger partial charge in [0.05, 0.1) is 4.88 Å². The first-order valence-corrected chi connectivity index (χ1v) is 7.40. The summed E-state index contributed by atoms with van der Waals surface area (Å²) < 4.78 is 17.4. The predicted octanol–water partition coefficient (Wildman–Crippen LogP) is 2.40. The molecular weight excluding hydrogens is 321 g/mol. The van der Waals surface area contributed by atoms with E-state index in [2.05, 4.69) is 5.32 Å². The van der Waals surface area contributed by atoms with Gasteiger partial charge in [-0.15, -0.1) is 11.3 Å². The highest BCUT2D eigenvalue weighted by atomic mass is 32.1. The monoisotopic (exact) mass is 333 g/mol. The Kier molecular flexibility index (Phi) is 5.76. The van der Waals surface area contributed by atoms with Gasteiger partial charge in [0, 0.05) is 6.08 Å². The van der Waals surface area contributed by atoms with Crippen LogP contribution in [0.1, 0.15) is 15.2 Å². The highest BCUT2D eigenvalue weighted by Crippen LogP contribution is 2.07. The van der Waals surface area contributed by atoms with E-state index < -0.39 is 24.4 Å². The molecule has 5 nitrogen and oxygen atoms in total. The molecule has 0 aliphatic carbocycles. The highest BCUT2D eigenvalue weighted by Gasteiger charge is 2.12. The molecule has 1 aromatic heterocycles. The standard InChI is InChI=1S/C16H12FNO4S/c17-12-6-3-11(4-7-12)5-8-15(20)22-10-14(19)18-16(21)13-2-1-9-23-13/h1-9H,10H2,(H,18,19,21)/b8-5+. The molecule has 118 valence electrons. The number of imide groups is 1. The van der Waals surface area contributed by atoms with E-state index in [1.54, 1.807) is 17.5 Å². The van der Waals surface area contributed by atoms with Crippen LogP contribution in [0.2, 0.25) is 0 Å². The van der Waals surface area contributed by atoms with Crippen molar-refractivity contribution >= 4 is 35.2 Å². The fourth-order valence-electron chi connectivity index (χ4n) is 1.56. The third-order valence-corrected chi connectivity index (χ3v) is 3.49. The molecule has 0 aliphatic rings. The van der Waals surface area contributed by atoms with E-state index in [9.17, 15) is 18.8 Å². The summed E-state index contributed by atoms with van der Waals surface area (Å²) in [7, 11) is 0. The maximum absolute atomic E-state index is 12.7. The molecule has 1 N–H and O–H groups in total. The summed E-state index contributed by atoms with van der Waals surface area (Å²) in [4.78, 5) is 34.9. The van der Waals surface area contributed by atoms with Gasteiger partial charge in [0.15, 0.2) is 6.61 Å². The molecule has 0 bridgehead atoms. The molecule has 2 amide bonds. The third kappa shape index (κ3) is 5.48. The number of carbonyl (C=O) groups excluding carboxylic acids is 3. The van der Waals surface area contributed by atoms with Crippen LogP contribution in [-0.4, -0.2) is 24.4 Å². The molecule has 0 fully saturated rings. The number of rotatable bonds is 5. The van der Waals surface area contributed by atoms with E-state index in [1.807, 2.05) is 0 Å². The first-order valence-electron chi connectivity index (χ1n) is 6.52. The molecule has 0 radical (unpaired) electrons. The Labute approximate surface area is 135 Å². The Balaban J connectivity index is 1.76. The van der Waals surface area contributed by atoms with Crippen LogP contribution in [-0.2, 0) is 14.3 Å². The van der Waals surface area contributed by atoms with Gasteiger partial charge in [-0.2, -0.15) is 0 Å². The quantitative estimate of drug-likeness (QED) is 0.674. The lowest BCUT2D eigenvalue weighted by atomic mass is 10.2. The van der Waals surface area contributed by atoms with Crippen LogP contribution in [0.25, 0.3) is 6.08 Å². The first-order chi connectivity index (χ1) is 11.0. The number of halogens is 1. The summed E-state index contributed by atoms with van der Waals surface area (Å²) >= 11 is 1.19. The maximum Gasteiger partial charge on any atom is 0.331 e. The van der Waals surface area contributed by atoms with Crippen molar-refractivity contribution in [1.82, 2.24) is 5.32 Å². The number of esters is 1. The molecule has 0 aliphatic heterocycles. The van der Waals surface area contributed by atoms with E-state index in [4.69, 9.17) is 4.74 Å². The number of amides is 2. The molecule has 7 heteroatoms. The van der Waals surface area contributed by atoms with Crippen LogP contribution in [0.4, 0.5) is 4.39 Å². The number of benzene rings is 1. The fraction of sp³-hybridized carbons (Fsp3) is 0.0625. The topological polar surface area (TPSA) is 72.5 Å². The van der Waals surface area contributed by atoms with E-state index >= 15 is 0 Å². The summed E-state index contributed by atoms with van der Waals surface area (Å²) in [6, 6.07) is 8.76. The Bertz CT molecular complexity index is 723. The van der Waals surface area contributed by atoms with Crippen molar-refractivity contribution in [2.75, 3.05) is 6.61 Å². The number of nitrogens with one attached hydrogen (secondary N) is 1. The minimum atomic E-state index is -0.743. The van der Waals surface area contributed by atoms with Crippen molar-refractivity contribution in [2.45, 2.75) is 0 Å². The number of hydrogen-bond donors (Lipinski definition) is 1. The lowest BCUT2D eigenvalue weighted by Crippen LogP contribution is -2.33. The molecule has 1 heterocycles. The highest BCUT2D eigenvalue weighted by molar-refractivity contribution is 7.12. The van der Waals surface area contributed by atoms with Gasteiger partial charge in [-0.05, 0) is 35.2 Å². The lowest BCUT2D eigenvalue weighted by Gasteiger charge is -2.03. The Morgan fingerprint density at radius 3 is 2.57 bits per heavy atom. The van der Waals surface area contributed by atoms with Gasteiger partial charge < -0.3 is 4.74 Å². The molecular formula is C16H12FNO4S. The van der Waals surface area contributed by atoms with Crippen molar-refractivity contribution in [2.24, 2.45) is 0 Å². The fourth-order valence-corrected chi connectivity index (χ4v) is 2.17. The van der Waals surface area contributed by atoms with Crippen LogP contribution in [0.15, 0.2) is 47.9 Å². The van der Waals surface area contributed by atoms with E-state index in [0.717, 1.165) is 6.08 Å². The number of ether oxygens (including phenoxy) is 1. The molecule has 2 aromatic rings. The zero-order chi connectivity index (χ0) is 16.7. The van der Waals surface area contributed by atoms with Crippen LogP contribution in [0.3, 0.4) is 0 Å². The van der Waals surface area contributed by atoms with Crippen LogP contribution < -0.4 is 5.32 Å². The molecule has 23 heavy (non-hydrogen) atoms. The van der Waals surface area contributed by atoms with Crippen LogP contribution >= 0.6 is 11.3 Å². The molecule has 0 atom stereocenters. The smallest absolute Gasteiger partial charge is 0.331 e. The maximum atomic E-state index is 12.7.